The third-order valence-corrected chi connectivity index (χ3v) is 2.94. The van der Waals surface area contributed by atoms with Gasteiger partial charge >= 0.3 is 0 Å². The van der Waals surface area contributed by atoms with Gasteiger partial charge in [0.25, 0.3) is 0 Å². The Morgan fingerprint density at radius 2 is 2.14 bits per heavy atom. The summed E-state index contributed by atoms with van der Waals surface area (Å²) in [6, 6.07) is 3.94. The first-order valence-corrected chi connectivity index (χ1v) is 5.24. The first kappa shape index (κ1) is 10.1. The highest BCUT2D eigenvalue weighted by Gasteiger charge is 2.23. The molecule has 1 saturated heterocycles. The Bertz CT molecular complexity index is 350. The largest absolute Gasteiger partial charge is 0.495 e. The molecule has 1 heterocycles. The maximum Gasteiger partial charge on any atom is 0.142 e. The SMILES string of the molecule is COc1c(Cl)cc(Cl)cc1C1CCN1. The van der Waals surface area contributed by atoms with Crippen LogP contribution in [0.1, 0.15) is 18.0 Å². The lowest BCUT2D eigenvalue weighted by atomic mass is 9.97. The van der Waals surface area contributed by atoms with Gasteiger partial charge in [0.2, 0.25) is 0 Å². The van der Waals surface area contributed by atoms with Gasteiger partial charge in [-0.1, -0.05) is 23.2 Å². The average Bonchev–Trinajstić information content (AvgIpc) is 1.99. The van der Waals surface area contributed by atoms with Crippen LogP contribution in [0.25, 0.3) is 0 Å². The molecule has 1 aromatic carbocycles. The van der Waals surface area contributed by atoms with E-state index in [1.165, 1.54) is 0 Å². The Morgan fingerprint density at radius 1 is 1.43 bits per heavy atom. The molecule has 0 spiro atoms. The second-order valence-corrected chi connectivity index (χ2v) is 4.15. The summed E-state index contributed by atoms with van der Waals surface area (Å²) in [5, 5.41) is 4.52. The molecule has 0 saturated carbocycles. The molecule has 2 nitrogen and oxygen atoms in total. The van der Waals surface area contributed by atoms with E-state index in [1.807, 2.05) is 6.07 Å². The minimum Gasteiger partial charge on any atom is -0.495 e. The summed E-state index contributed by atoms with van der Waals surface area (Å²) in [5.41, 5.74) is 1.05. The minimum atomic E-state index is 0.334. The summed E-state index contributed by atoms with van der Waals surface area (Å²) >= 11 is 12.0. The van der Waals surface area contributed by atoms with Crippen molar-refractivity contribution >= 4 is 23.2 Å². The fraction of sp³-hybridized carbons (Fsp3) is 0.400. The third kappa shape index (κ3) is 1.70. The molecular formula is C10H11Cl2NO. The van der Waals surface area contributed by atoms with E-state index in [2.05, 4.69) is 5.32 Å². The quantitative estimate of drug-likeness (QED) is 0.846. The van der Waals surface area contributed by atoms with Crippen molar-refractivity contribution in [3.63, 3.8) is 0 Å². The molecule has 0 aromatic heterocycles. The molecule has 1 aliphatic rings. The van der Waals surface area contributed by atoms with Gasteiger partial charge in [-0.2, -0.15) is 0 Å². The number of ether oxygens (including phenoxy) is 1. The molecule has 1 atom stereocenters. The smallest absolute Gasteiger partial charge is 0.142 e. The van der Waals surface area contributed by atoms with Crippen LogP contribution in [0.5, 0.6) is 5.75 Å². The van der Waals surface area contributed by atoms with Crippen LogP contribution < -0.4 is 10.1 Å². The number of rotatable bonds is 2. The van der Waals surface area contributed by atoms with Crippen molar-refractivity contribution in [3.05, 3.63) is 27.7 Å². The molecule has 0 amide bonds. The van der Waals surface area contributed by atoms with E-state index in [-0.39, 0.29) is 0 Å². The van der Waals surface area contributed by atoms with Gasteiger partial charge in [-0.05, 0) is 25.1 Å². The highest BCUT2D eigenvalue weighted by atomic mass is 35.5. The molecule has 76 valence electrons. The summed E-state index contributed by atoms with van der Waals surface area (Å²) in [7, 11) is 1.62. The molecule has 1 aromatic rings. The van der Waals surface area contributed by atoms with Crippen LogP contribution in [0.2, 0.25) is 10.0 Å². The summed E-state index contributed by atoms with van der Waals surface area (Å²) in [6.45, 7) is 1.04. The zero-order valence-corrected chi connectivity index (χ0v) is 9.32. The molecule has 4 heteroatoms. The third-order valence-electron chi connectivity index (χ3n) is 2.44. The normalized spacial score (nSPS) is 20.4. The predicted octanol–water partition coefficient (Wildman–Crippen LogP) is 3.04. The summed E-state index contributed by atoms with van der Waals surface area (Å²) < 4.78 is 5.26. The Morgan fingerprint density at radius 3 is 2.64 bits per heavy atom. The Labute approximate surface area is 93.2 Å². The van der Waals surface area contributed by atoms with Crippen molar-refractivity contribution in [2.75, 3.05) is 13.7 Å². The van der Waals surface area contributed by atoms with E-state index in [0.717, 1.165) is 24.3 Å². The average molecular weight is 232 g/mol. The molecule has 0 radical (unpaired) electrons. The van der Waals surface area contributed by atoms with E-state index < -0.39 is 0 Å². The molecule has 1 fully saturated rings. The van der Waals surface area contributed by atoms with Crippen molar-refractivity contribution in [3.8, 4) is 5.75 Å². The molecule has 2 rings (SSSR count). The molecule has 0 aliphatic carbocycles. The lowest BCUT2D eigenvalue weighted by Gasteiger charge is -2.29. The molecule has 14 heavy (non-hydrogen) atoms. The number of benzene rings is 1. The first-order chi connectivity index (χ1) is 6.72. The highest BCUT2D eigenvalue weighted by Crippen LogP contribution is 2.38. The zero-order chi connectivity index (χ0) is 10.1. The molecule has 1 aliphatic heterocycles. The van der Waals surface area contributed by atoms with Crippen LogP contribution in [-0.2, 0) is 0 Å². The standard InChI is InChI=1S/C10H11Cl2NO/c1-14-10-7(9-2-3-13-9)4-6(11)5-8(10)12/h4-5,9,13H,2-3H2,1H3. The summed E-state index contributed by atoms with van der Waals surface area (Å²) in [6.07, 6.45) is 1.10. The van der Waals surface area contributed by atoms with Crippen LogP contribution in [0.3, 0.4) is 0 Å². The van der Waals surface area contributed by atoms with Crippen LogP contribution >= 0.6 is 23.2 Å². The van der Waals surface area contributed by atoms with E-state index in [1.54, 1.807) is 13.2 Å². The number of halogens is 2. The van der Waals surface area contributed by atoms with Crippen LogP contribution in [0.15, 0.2) is 12.1 Å². The fourth-order valence-corrected chi connectivity index (χ4v) is 2.19. The van der Waals surface area contributed by atoms with Gasteiger partial charge in [-0.3, -0.25) is 0 Å². The fourth-order valence-electron chi connectivity index (χ4n) is 1.61. The maximum absolute atomic E-state index is 6.02. The van der Waals surface area contributed by atoms with Gasteiger partial charge in [0, 0.05) is 16.6 Å². The van der Waals surface area contributed by atoms with Gasteiger partial charge in [-0.15, -0.1) is 0 Å². The lowest BCUT2D eigenvalue weighted by molar-refractivity contribution is 0.353. The second-order valence-electron chi connectivity index (χ2n) is 3.31. The zero-order valence-electron chi connectivity index (χ0n) is 7.81. The molecular weight excluding hydrogens is 221 g/mol. The molecule has 1 unspecified atom stereocenters. The Kier molecular flexibility index (Phi) is 2.86. The Balaban J connectivity index is 2.44. The number of hydrogen-bond donors (Lipinski definition) is 1. The Hall–Kier alpha value is -0.440. The van der Waals surface area contributed by atoms with Crippen molar-refractivity contribution in [1.82, 2.24) is 5.32 Å². The van der Waals surface area contributed by atoms with Crippen LogP contribution in [0, 0.1) is 0 Å². The minimum absolute atomic E-state index is 0.334. The van der Waals surface area contributed by atoms with Gasteiger partial charge in [0.15, 0.2) is 0 Å². The van der Waals surface area contributed by atoms with Crippen LogP contribution in [0.4, 0.5) is 0 Å². The number of hydrogen-bond acceptors (Lipinski definition) is 2. The summed E-state index contributed by atoms with van der Waals surface area (Å²) in [5.74, 6) is 0.730. The monoisotopic (exact) mass is 231 g/mol. The second kappa shape index (κ2) is 3.97. The van der Waals surface area contributed by atoms with Crippen molar-refractivity contribution in [2.24, 2.45) is 0 Å². The first-order valence-electron chi connectivity index (χ1n) is 4.48. The van der Waals surface area contributed by atoms with Crippen LogP contribution in [-0.4, -0.2) is 13.7 Å². The summed E-state index contributed by atoms with van der Waals surface area (Å²) in [4.78, 5) is 0. The van der Waals surface area contributed by atoms with Gasteiger partial charge in [0.05, 0.1) is 12.1 Å². The van der Waals surface area contributed by atoms with Gasteiger partial charge < -0.3 is 10.1 Å². The van der Waals surface area contributed by atoms with Crippen molar-refractivity contribution in [1.29, 1.82) is 0 Å². The molecule has 0 bridgehead atoms. The van der Waals surface area contributed by atoms with Gasteiger partial charge in [-0.25, -0.2) is 0 Å². The van der Waals surface area contributed by atoms with E-state index >= 15 is 0 Å². The van der Waals surface area contributed by atoms with E-state index in [9.17, 15) is 0 Å². The maximum atomic E-state index is 6.02. The van der Waals surface area contributed by atoms with Crippen molar-refractivity contribution < 1.29 is 4.74 Å². The number of nitrogens with one attached hydrogen (secondary N) is 1. The highest BCUT2D eigenvalue weighted by molar-refractivity contribution is 6.35. The molecule has 1 N–H and O–H groups in total. The number of methoxy groups -OCH3 is 1. The van der Waals surface area contributed by atoms with E-state index in [4.69, 9.17) is 27.9 Å². The van der Waals surface area contributed by atoms with E-state index in [0.29, 0.717) is 16.1 Å². The lowest BCUT2D eigenvalue weighted by Crippen LogP contribution is -2.35. The van der Waals surface area contributed by atoms with Gasteiger partial charge in [0.1, 0.15) is 5.75 Å². The van der Waals surface area contributed by atoms with Crippen molar-refractivity contribution in [2.45, 2.75) is 12.5 Å². The predicted molar refractivity (Wildman–Crippen MR) is 58.4 cm³/mol. The topological polar surface area (TPSA) is 21.3 Å².